The van der Waals surface area contributed by atoms with Gasteiger partial charge < -0.3 is 11.1 Å². The molecule has 3 atom stereocenters. The summed E-state index contributed by atoms with van der Waals surface area (Å²) < 4.78 is 0. The molecule has 1 heterocycles. The van der Waals surface area contributed by atoms with E-state index in [0.29, 0.717) is 17.9 Å². The van der Waals surface area contributed by atoms with E-state index in [2.05, 4.69) is 42.6 Å². The average Bonchev–Trinajstić information content (AvgIpc) is 2.46. The molecule has 1 aliphatic heterocycles. The minimum atomic E-state index is 0.600. The lowest BCUT2D eigenvalue weighted by molar-refractivity contribution is 0.276. The molecule has 1 fully saturated rings. The third kappa shape index (κ3) is 3.56. The van der Waals surface area contributed by atoms with Gasteiger partial charge in [-0.2, -0.15) is 0 Å². The standard InChI is InChI=1S/C16H26N2/c1-13(14-7-3-2-4-8-14)11-15(12-17)16-9-5-6-10-18-16/h2-4,7-8,13,15-16,18H,5-6,9-12,17H2,1H3/t13-,15-,16-/m0/s1. The first-order chi connectivity index (χ1) is 8.81. The van der Waals surface area contributed by atoms with Crippen molar-refractivity contribution in [1.29, 1.82) is 0 Å². The lowest BCUT2D eigenvalue weighted by Gasteiger charge is -2.32. The highest BCUT2D eigenvalue weighted by atomic mass is 14.9. The molecular formula is C16H26N2. The molecule has 0 spiro atoms. The van der Waals surface area contributed by atoms with Gasteiger partial charge in [0.2, 0.25) is 0 Å². The third-order valence-corrected chi connectivity index (χ3v) is 4.25. The monoisotopic (exact) mass is 246 g/mol. The van der Waals surface area contributed by atoms with Gasteiger partial charge in [0, 0.05) is 6.04 Å². The van der Waals surface area contributed by atoms with Gasteiger partial charge in [0.15, 0.2) is 0 Å². The Morgan fingerprint density at radius 3 is 2.67 bits per heavy atom. The van der Waals surface area contributed by atoms with Crippen molar-refractivity contribution in [2.45, 2.75) is 44.6 Å². The van der Waals surface area contributed by atoms with Gasteiger partial charge >= 0.3 is 0 Å². The highest BCUT2D eigenvalue weighted by Crippen LogP contribution is 2.27. The Morgan fingerprint density at radius 1 is 1.28 bits per heavy atom. The van der Waals surface area contributed by atoms with E-state index in [-0.39, 0.29) is 0 Å². The number of hydrogen-bond donors (Lipinski definition) is 2. The molecule has 1 aliphatic rings. The molecular weight excluding hydrogens is 220 g/mol. The highest BCUT2D eigenvalue weighted by molar-refractivity contribution is 5.18. The van der Waals surface area contributed by atoms with E-state index < -0.39 is 0 Å². The lowest BCUT2D eigenvalue weighted by Crippen LogP contribution is -2.43. The van der Waals surface area contributed by atoms with E-state index >= 15 is 0 Å². The van der Waals surface area contributed by atoms with Crippen LogP contribution in [-0.2, 0) is 0 Å². The molecule has 0 aliphatic carbocycles. The molecule has 2 nitrogen and oxygen atoms in total. The lowest BCUT2D eigenvalue weighted by atomic mass is 9.83. The Kier molecular flexibility index (Phi) is 5.21. The summed E-state index contributed by atoms with van der Waals surface area (Å²) in [6.45, 7) is 4.29. The largest absolute Gasteiger partial charge is 0.330 e. The van der Waals surface area contributed by atoms with Gasteiger partial charge in [-0.25, -0.2) is 0 Å². The van der Waals surface area contributed by atoms with Crippen LogP contribution in [0.5, 0.6) is 0 Å². The molecule has 1 saturated heterocycles. The summed E-state index contributed by atoms with van der Waals surface area (Å²) in [6, 6.07) is 11.4. The Labute approximate surface area is 111 Å². The number of nitrogens with two attached hydrogens (primary N) is 1. The Morgan fingerprint density at radius 2 is 2.06 bits per heavy atom. The summed E-state index contributed by atoms with van der Waals surface area (Å²) in [6.07, 6.45) is 5.16. The van der Waals surface area contributed by atoms with Crippen LogP contribution in [0.3, 0.4) is 0 Å². The summed E-state index contributed by atoms with van der Waals surface area (Å²) in [5.41, 5.74) is 7.43. The molecule has 100 valence electrons. The highest BCUT2D eigenvalue weighted by Gasteiger charge is 2.24. The molecule has 0 saturated carbocycles. The smallest absolute Gasteiger partial charge is 0.0108 e. The quantitative estimate of drug-likeness (QED) is 0.838. The Bertz CT molecular complexity index is 330. The molecule has 2 rings (SSSR count). The zero-order valence-electron chi connectivity index (χ0n) is 11.4. The van der Waals surface area contributed by atoms with Crippen LogP contribution in [0.25, 0.3) is 0 Å². The summed E-state index contributed by atoms with van der Waals surface area (Å²) in [5.74, 6) is 1.21. The van der Waals surface area contributed by atoms with Crippen molar-refractivity contribution in [3.8, 4) is 0 Å². The van der Waals surface area contributed by atoms with Crippen molar-refractivity contribution < 1.29 is 0 Å². The van der Waals surface area contributed by atoms with E-state index in [9.17, 15) is 0 Å². The molecule has 0 radical (unpaired) electrons. The fourth-order valence-electron chi connectivity index (χ4n) is 3.08. The number of nitrogens with one attached hydrogen (secondary N) is 1. The van der Waals surface area contributed by atoms with E-state index in [1.54, 1.807) is 0 Å². The van der Waals surface area contributed by atoms with Crippen molar-refractivity contribution in [1.82, 2.24) is 5.32 Å². The van der Waals surface area contributed by atoms with Crippen LogP contribution in [0.1, 0.15) is 44.1 Å². The molecule has 3 N–H and O–H groups in total. The van der Waals surface area contributed by atoms with E-state index in [1.807, 2.05) is 0 Å². The number of hydrogen-bond acceptors (Lipinski definition) is 2. The SMILES string of the molecule is C[C@@H](C[C@@H](CN)[C@@H]1CCCCN1)c1ccccc1. The van der Waals surface area contributed by atoms with Crippen LogP contribution < -0.4 is 11.1 Å². The van der Waals surface area contributed by atoms with Gasteiger partial charge in [0.1, 0.15) is 0 Å². The Hall–Kier alpha value is -0.860. The molecule has 1 aromatic carbocycles. The second kappa shape index (κ2) is 6.91. The predicted molar refractivity (Wildman–Crippen MR) is 77.7 cm³/mol. The van der Waals surface area contributed by atoms with Gasteiger partial charge in [0.05, 0.1) is 0 Å². The molecule has 18 heavy (non-hydrogen) atoms. The Balaban J connectivity index is 1.93. The normalized spacial score (nSPS) is 23.6. The van der Waals surface area contributed by atoms with E-state index in [0.717, 1.165) is 6.54 Å². The summed E-state index contributed by atoms with van der Waals surface area (Å²) >= 11 is 0. The van der Waals surface area contributed by atoms with Crippen LogP contribution in [0.4, 0.5) is 0 Å². The second-order valence-corrected chi connectivity index (χ2v) is 5.60. The summed E-state index contributed by atoms with van der Waals surface area (Å²) in [5, 5.41) is 3.65. The first kappa shape index (κ1) is 13.6. The van der Waals surface area contributed by atoms with Crippen LogP contribution in [0, 0.1) is 5.92 Å². The molecule has 0 amide bonds. The maximum atomic E-state index is 5.99. The summed E-state index contributed by atoms with van der Waals surface area (Å²) in [7, 11) is 0. The maximum absolute atomic E-state index is 5.99. The zero-order valence-corrected chi connectivity index (χ0v) is 11.4. The minimum absolute atomic E-state index is 0.600. The van der Waals surface area contributed by atoms with Gasteiger partial charge in [0.25, 0.3) is 0 Å². The van der Waals surface area contributed by atoms with Crippen molar-refractivity contribution in [2.24, 2.45) is 11.7 Å². The van der Waals surface area contributed by atoms with Gasteiger partial charge in [-0.1, -0.05) is 43.7 Å². The minimum Gasteiger partial charge on any atom is -0.330 e. The zero-order chi connectivity index (χ0) is 12.8. The average molecular weight is 246 g/mol. The van der Waals surface area contributed by atoms with Crippen LogP contribution in [0.15, 0.2) is 30.3 Å². The number of benzene rings is 1. The van der Waals surface area contributed by atoms with E-state index in [1.165, 1.54) is 37.8 Å². The van der Waals surface area contributed by atoms with Crippen LogP contribution in [0.2, 0.25) is 0 Å². The van der Waals surface area contributed by atoms with Gasteiger partial charge in [-0.05, 0) is 49.8 Å². The molecule has 0 aromatic heterocycles. The third-order valence-electron chi connectivity index (χ3n) is 4.25. The number of rotatable bonds is 5. The van der Waals surface area contributed by atoms with E-state index in [4.69, 9.17) is 5.73 Å². The van der Waals surface area contributed by atoms with Gasteiger partial charge in [-0.3, -0.25) is 0 Å². The summed E-state index contributed by atoms with van der Waals surface area (Å²) in [4.78, 5) is 0. The van der Waals surface area contributed by atoms with Crippen LogP contribution >= 0.6 is 0 Å². The molecule has 1 aromatic rings. The predicted octanol–water partition coefficient (Wildman–Crippen LogP) is 2.90. The fourth-order valence-corrected chi connectivity index (χ4v) is 3.08. The molecule has 0 bridgehead atoms. The van der Waals surface area contributed by atoms with Crippen molar-refractivity contribution >= 4 is 0 Å². The first-order valence-corrected chi connectivity index (χ1v) is 7.29. The molecule has 0 unspecified atom stereocenters. The van der Waals surface area contributed by atoms with Crippen molar-refractivity contribution in [3.63, 3.8) is 0 Å². The first-order valence-electron chi connectivity index (χ1n) is 7.29. The molecule has 2 heteroatoms. The fraction of sp³-hybridized carbons (Fsp3) is 0.625. The second-order valence-electron chi connectivity index (χ2n) is 5.60. The topological polar surface area (TPSA) is 38.0 Å². The maximum Gasteiger partial charge on any atom is 0.0108 e. The van der Waals surface area contributed by atoms with Gasteiger partial charge in [-0.15, -0.1) is 0 Å². The van der Waals surface area contributed by atoms with Crippen LogP contribution in [-0.4, -0.2) is 19.1 Å². The van der Waals surface area contributed by atoms with Crippen molar-refractivity contribution in [3.05, 3.63) is 35.9 Å². The van der Waals surface area contributed by atoms with Crippen molar-refractivity contribution in [2.75, 3.05) is 13.1 Å². The number of piperidine rings is 1.